The highest BCUT2D eigenvalue weighted by Gasteiger charge is 2.20. The molecule has 0 aliphatic carbocycles. The monoisotopic (exact) mass is 473 g/mol. The molecule has 0 fully saturated rings. The maximum Gasteiger partial charge on any atom is 0.328 e. The largest absolute Gasteiger partial charge is 0.454 e. The molecule has 1 unspecified atom stereocenters. The average molecular weight is 474 g/mol. The molecule has 1 atom stereocenters. The molecule has 180 valence electrons. The van der Waals surface area contributed by atoms with Crippen molar-refractivity contribution in [3.63, 3.8) is 0 Å². The summed E-state index contributed by atoms with van der Waals surface area (Å²) in [6, 6.07) is 21.8. The topological polar surface area (TPSA) is 114 Å². The Hall–Kier alpha value is -4.46. The summed E-state index contributed by atoms with van der Waals surface area (Å²) < 4.78 is 5.02. The van der Waals surface area contributed by atoms with Crippen LogP contribution < -0.4 is 16.0 Å². The third kappa shape index (κ3) is 7.53. The van der Waals surface area contributed by atoms with Crippen molar-refractivity contribution in [3.05, 3.63) is 101 Å². The summed E-state index contributed by atoms with van der Waals surface area (Å²) in [5.74, 6) is -2.15. The Morgan fingerprint density at radius 1 is 0.829 bits per heavy atom. The van der Waals surface area contributed by atoms with Crippen LogP contribution in [0.3, 0.4) is 0 Å². The first-order chi connectivity index (χ1) is 16.8. The Balaban J connectivity index is 1.50. The molecule has 0 saturated heterocycles. The van der Waals surface area contributed by atoms with E-state index in [0.717, 1.165) is 11.1 Å². The minimum Gasteiger partial charge on any atom is -0.454 e. The van der Waals surface area contributed by atoms with Crippen molar-refractivity contribution in [1.29, 1.82) is 0 Å². The quantitative estimate of drug-likeness (QED) is 0.413. The summed E-state index contributed by atoms with van der Waals surface area (Å²) in [5, 5.41) is 7.95. The molecule has 3 amide bonds. The molecule has 0 bridgehead atoms. The van der Waals surface area contributed by atoms with Crippen molar-refractivity contribution in [3.8, 4) is 0 Å². The van der Waals surface area contributed by atoms with Gasteiger partial charge in [-0.2, -0.15) is 0 Å². The number of hydrogen-bond donors (Lipinski definition) is 3. The first-order valence-electron chi connectivity index (χ1n) is 11.1. The fraction of sp³-hybridized carbons (Fsp3) is 0.185. The fourth-order valence-electron chi connectivity index (χ4n) is 3.15. The average Bonchev–Trinajstić information content (AvgIpc) is 2.87. The van der Waals surface area contributed by atoms with Gasteiger partial charge in [0.15, 0.2) is 6.61 Å². The van der Waals surface area contributed by atoms with Crippen LogP contribution in [0.2, 0.25) is 0 Å². The van der Waals surface area contributed by atoms with Crippen LogP contribution in [0.15, 0.2) is 78.9 Å². The molecule has 0 radical (unpaired) electrons. The SMILES string of the molecule is Cc1ccc(CNC(=O)c2ccccc2NC(=O)COC(=O)C(C)NC(=O)c2ccccc2)cc1. The Labute approximate surface area is 203 Å². The first kappa shape index (κ1) is 25.2. The van der Waals surface area contributed by atoms with E-state index < -0.39 is 30.4 Å². The van der Waals surface area contributed by atoms with Crippen LogP contribution in [-0.4, -0.2) is 36.3 Å². The van der Waals surface area contributed by atoms with Gasteiger partial charge in [-0.05, 0) is 43.7 Å². The van der Waals surface area contributed by atoms with E-state index in [4.69, 9.17) is 4.74 Å². The number of esters is 1. The normalized spacial score (nSPS) is 11.1. The molecule has 3 aromatic carbocycles. The predicted molar refractivity (Wildman–Crippen MR) is 132 cm³/mol. The van der Waals surface area contributed by atoms with Gasteiger partial charge in [-0.15, -0.1) is 0 Å². The molecule has 8 heteroatoms. The van der Waals surface area contributed by atoms with Gasteiger partial charge in [-0.3, -0.25) is 14.4 Å². The smallest absolute Gasteiger partial charge is 0.328 e. The Bertz CT molecular complexity index is 1190. The van der Waals surface area contributed by atoms with Crippen LogP contribution in [0.5, 0.6) is 0 Å². The first-order valence-corrected chi connectivity index (χ1v) is 11.1. The van der Waals surface area contributed by atoms with Crippen LogP contribution in [0, 0.1) is 6.92 Å². The minimum atomic E-state index is -0.949. The molecular weight excluding hydrogens is 446 g/mol. The van der Waals surface area contributed by atoms with Crippen molar-refractivity contribution in [2.24, 2.45) is 0 Å². The summed E-state index contributed by atoms with van der Waals surface area (Å²) in [5.41, 5.74) is 3.05. The van der Waals surface area contributed by atoms with Gasteiger partial charge in [0.1, 0.15) is 6.04 Å². The second-order valence-corrected chi connectivity index (χ2v) is 7.93. The van der Waals surface area contributed by atoms with Crippen molar-refractivity contribution in [2.45, 2.75) is 26.4 Å². The van der Waals surface area contributed by atoms with Crippen LogP contribution in [0.25, 0.3) is 0 Å². The second kappa shape index (κ2) is 12.1. The van der Waals surface area contributed by atoms with E-state index in [1.165, 1.54) is 6.92 Å². The lowest BCUT2D eigenvalue weighted by Gasteiger charge is -2.14. The van der Waals surface area contributed by atoms with Crippen LogP contribution in [0.1, 0.15) is 38.8 Å². The van der Waals surface area contributed by atoms with Crippen molar-refractivity contribution in [2.75, 3.05) is 11.9 Å². The molecule has 0 aliphatic rings. The van der Waals surface area contributed by atoms with E-state index in [9.17, 15) is 19.2 Å². The number of amides is 3. The highest BCUT2D eigenvalue weighted by molar-refractivity contribution is 6.04. The van der Waals surface area contributed by atoms with Crippen molar-refractivity contribution in [1.82, 2.24) is 10.6 Å². The lowest BCUT2D eigenvalue weighted by molar-refractivity contribution is -0.148. The predicted octanol–water partition coefficient (Wildman–Crippen LogP) is 3.23. The number of aryl methyl sites for hydroxylation is 1. The molecule has 0 spiro atoms. The summed E-state index contributed by atoms with van der Waals surface area (Å²) in [4.78, 5) is 49.4. The van der Waals surface area contributed by atoms with Gasteiger partial charge in [0, 0.05) is 12.1 Å². The molecule has 3 rings (SSSR count). The number of carbonyl (C=O) groups excluding carboxylic acids is 4. The number of rotatable bonds is 9. The van der Waals surface area contributed by atoms with Crippen LogP contribution in [0.4, 0.5) is 5.69 Å². The third-order valence-electron chi connectivity index (χ3n) is 5.10. The third-order valence-corrected chi connectivity index (χ3v) is 5.10. The van der Waals surface area contributed by atoms with Crippen LogP contribution in [-0.2, 0) is 20.9 Å². The number of para-hydroxylation sites is 1. The fourth-order valence-corrected chi connectivity index (χ4v) is 3.15. The maximum absolute atomic E-state index is 12.7. The molecular formula is C27H27N3O5. The van der Waals surface area contributed by atoms with Gasteiger partial charge in [0.2, 0.25) is 0 Å². The summed E-state index contributed by atoms with van der Waals surface area (Å²) in [7, 11) is 0. The van der Waals surface area contributed by atoms with Crippen molar-refractivity contribution >= 4 is 29.4 Å². The number of hydrogen-bond acceptors (Lipinski definition) is 5. The molecule has 0 saturated carbocycles. The number of benzene rings is 3. The minimum absolute atomic E-state index is 0.280. The molecule has 0 aromatic heterocycles. The van der Waals surface area contributed by atoms with Gasteiger partial charge in [0.05, 0.1) is 11.3 Å². The number of nitrogens with one attached hydrogen (secondary N) is 3. The highest BCUT2D eigenvalue weighted by atomic mass is 16.5. The van der Waals surface area contributed by atoms with Crippen LogP contribution >= 0.6 is 0 Å². The van der Waals surface area contributed by atoms with Gasteiger partial charge in [-0.1, -0.05) is 60.2 Å². The zero-order valence-corrected chi connectivity index (χ0v) is 19.5. The van der Waals surface area contributed by atoms with E-state index in [1.807, 2.05) is 31.2 Å². The number of ether oxygens (including phenoxy) is 1. The Kier molecular flexibility index (Phi) is 8.72. The van der Waals surface area contributed by atoms with Gasteiger partial charge in [0.25, 0.3) is 17.7 Å². The zero-order chi connectivity index (χ0) is 25.2. The second-order valence-electron chi connectivity index (χ2n) is 7.93. The maximum atomic E-state index is 12.7. The van der Waals surface area contributed by atoms with E-state index in [2.05, 4.69) is 16.0 Å². The Morgan fingerprint density at radius 3 is 2.20 bits per heavy atom. The van der Waals surface area contributed by atoms with Gasteiger partial charge >= 0.3 is 5.97 Å². The van der Waals surface area contributed by atoms with Gasteiger partial charge in [-0.25, -0.2) is 4.79 Å². The lowest BCUT2D eigenvalue weighted by atomic mass is 10.1. The number of anilines is 1. The number of carbonyl (C=O) groups is 4. The molecule has 0 heterocycles. The van der Waals surface area contributed by atoms with E-state index in [-0.39, 0.29) is 11.5 Å². The Morgan fingerprint density at radius 2 is 1.49 bits per heavy atom. The zero-order valence-electron chi connectivity index (χ0n) is 19.5. The lowest BCUT2D eigenvalue weighted by Crippen LogP contribution is -2.40. The molecule has 3 N–H and O–H groups in total. The summed E-state index contributed by atoms with van der Waals surface area (Å²) in [6.07, 6.45) is 0. The van der Waals surface area contributed by atoms with E-state index in [1.54, 1.807) is 54.6 Å². The molecule has 0 aliphatic heterocycles. The van der Waals surface area contributed by atoms with Crippen molar-refractivity contribution < 1.29 is 23.9 Å². The summed E-state index contributed by atoms with van der Waals surface area (Å²) in [6.45, 7) is 3.23. The molecule has 3 aromatic rings. The standard InChI is InChI=1S/C27H27N3O5/c1-18-12-14-20(15-13-18)16-28-26(33)22-10-6-7-11-23(22)30-24(31)17-35-27(34)19(2)29-25(32)21-8-4-3-5-9-21/h3-15,19H,16-17H2,1-2H3,(H,28,33)(H,29,32)(H,30,31). The summed E-state index contributed by atoms with van der Waals surface area (Å²) >= 11 is 0. The van der Waals surface area contributed by atoms with E-state index in [0.29, 0.717) is 17.8 Å². The highest BCUT2D eigenvalue weighted by Crippen LogP contribution is 2.15. The van der Waals surface area contributed by atoms with E-state index >= 15 is 0 Å². The van der Waals surface area contributed by atoms with Gasteiger partial charge < -0.3 is 20.7 Å². The molecule has 8 nitrogen and oxygen atoms in total. The molecule has 35 heavy (non-hydrogen) atoms.